The van der Waals surface area contributed by atoms with Crippen LogP contribution in [0.4, 0.5) is 10.1 Å². The van der Waals surface area contributed by atoms with Gasteiger partial charge in [0, 0.05) is 11.1 Å². The summed E-state index contributed by atoms with van der Waals surface area (Å²) in [5.41, 5.74) is 5.20. The van der Waals surface area contributed by atoms with Gasteiger partial charge in [-0.1, -0.05) is 0 Å². The molecule has 1 fully saturated rings. The van der Waals surface area contributed by atoms with Gasteiger partial charge in [0.1, 0.15) is 5.82 Å². The maximum Gasteiger partial charge on any atom is 0.242 e. The minimum atomic E-state index is -3.77. The zero-order chi connectivity index (χ0) is 14.2. The van der Waals surface area contributed by atoms with Crippen LogP contribution < -0.4 is 10.5 Å². The number of rotatable bonds is 3. The third kappa shape index (κ3) is 3.07. The second-order valence-corrected chi connectivity index (χ2v) is 6.93. The van der Waals surface area contributed by atoms with Gasteiger partial charge in [-0.2, -0.15) is 0 Å². The van der Waals surface area contributed by atoms with Crippen LogP contribution in [0, 0.1) is 5.82 Å². The van der Waals surface area contributed by atoms with Gasteiger partial charge in [-0.25, -0.2) is 17.5 Å². The summed E-state index contributed by atoms with van der Waals surface area (Å²) in [4.78, 5) is -0.0782. The Morgan fingerprint density at radius 3 is 2.79 bits per heavy atom. The van der Waals surface area contributed by atoms with Crippen LogP contribution in [0.3, 0.4) is 0 Å². The molecule has 1 heterocycles. The fourth-order valence-corrected chi connectivity index (χ4v) is 4.29. The summed E-state index contributed by atoms with van der Waals surface area (Å²) in [5.74, 6) is -0.664. The molecule has 2 atom stereocenters. The first-order chi connectivity index (χ1) is 8.81. The number of hydrogen-bond donors (Lipinski definition) is 2. The van der Waals surface area contributed by atoms with E-state index in [2.05, 4.69) is 20.7 Å². The first kappa shape index (κ1) is 14.7. The molecule has 2 rings (SSSR count). The number of halogens is 2. The molecule has 0 spiro atoms. The van der Waals surface area contributed by atoms with Crippen molar-refractivity contribution >= 4 is 31.6 Å². The smallest absolute Gasteiger partial charge is 0.242 e. The Balaban J connectivity index is 2.32. The second kappa shape index (κ2) is 5.35. The molecule has 19 heavy (non-hydrogen) atoms. The predicted molar refractivity (Wildman–Crippen MR) is 72.7 cm³/mol. The zero-order valence-corrected chi connectivity index (χ0v) is 12.6. The van der Waals surface area contributed by atoms with E-state index in [0.29, 0.717) is 13.0 Å². The standard InChI is InChI=1S/C11H14BrFN2O3S/c1-6-10(2-3-18-6)15-19(16,17)11-5-9(14)8(13)4-7(11)12/h4-6,10,15H,2-3,14H2,1H3. The molecule has 0 amide bonds. The lowest BCUT2D eigenvalue weighted by atomic mass is 10.2. The molecule has 1 aromatic rings. The zero-order valence-electron chi connectivity index (χ0n) is 10.2. The first-order valence-electron chi connectivity index (χ1n) is 5.69. The Kier molecular flexibility index (Phi) is 4.14. The molecule has 0 aromatic heterocycles. The van der Waals surface area contributed by atoms with Crippen LogP contribution in [-0.4, -0.2) is 27.2 Å². The maximum absolute atomic E-state index is 13.2. The number of nitrogens with two attached hydrogens (primary N) is 1. The van der Waals surface area contributed by atoms with Crippen LogP contribution in [0.2, 0.25) is 0 Å². The van der Waals surface area contributed by atoms with Gasteiger partial charge in [0.2, 0.25) is 10.0 Å². The average Bonchev–Trinajstić information content (AvgIpc) is 2.69. The van der Waals surface area contributed by atoms with Crippen LogP contribution >= 0.6 is 15.9 Å². The topological polar surface area (TPSA) is 81.4 Å². The van der Waals surface area contributed by atoms with Crippen LogP contribution in [-0.2, 0) is 14.8 Å². The van der Waals surface area contributed by atoms with Crippen molar-refractivity contribution in [3.8, 4) is 0 Å². The molecule has 0 bridgehead atoms. The number of anilines is 1. The summed E-state index contributed by atoms with van der Waals surface area (Å²) in [6.45, 7) is 2.31. The maximum atomic E-state index is 13.2. The van der Waals surface area contributed by atoms with Gasteiger partial charge in [0.15, 0.2) is 0 Å². The van der Waals surface area contributed by atoms with Gasteiger partial charge in [-0.3, -0.25) is 0 Å². The summed E-state index contributed by atoms with van der Waals surface area (Å²) < 4.78 is 45.7. The number of nitrogen functional groups attached to an aromatic ring is 1. The lowest BCUT2D eigenvalue weighted by molar-refractivity contribution is 0.117. The summed E-state index contributed by atoms with van der Waals surface area (Å²) in [5, 5.41) is 0. The number of sulfonamides is 1. The van der Waals surface area contributed by atoms with Gasteiger partial charge < -0.3 is 10.5 Å². The summed E-state index contributed by atoms with van der Waals surface area (Å²) in [6, 6.07) is 1.85. The summed E-state index contributed by atoms with van der Waals surface area (Å²) in [7, 11) is -3.77. The highest BCUT2D eigenvalue weighted by Gasteiger charge is 2.30. The van der Waals surface area contributed by atoms with E-state index in [1.165, 1.54) is 0 Å². The monoisotopic (exact) mass is 352 g/mol. The normalized spacial score (nSPS) is 23.7. The minimum Gasteiger partial charge on any atom is -0.396 e. The molecular formula is C11H14BrFN2O3S. The van der Waals surface area contributed by atoms with E-state index in [1.807, 2.05) is 0 Å². The van der Waals surface area contributed by atoms with E-state index in [4.69, 9.17) is 10.5 Å². The van der Waals surface area contributed by atoms with Crippen LogP contribution in [0.1, 0.15) is 13.3 Å². The van der Waals surface area contributed by atoms with Crippen molar-refractivity contribution in [2.45, 2.75) is 30.4 Å². The Bertz CT molecular complexity index is 594. The van der Waals surface area contributed by atoms with Crippen LogP contribution in [0.15, 0.2) is 21.5 Å². The van der Waals surface area contributed by atoms with Crippen molar-refractivity contribution in [1.82, 2.24) is 4.72 Å². The number of nitrogens with one attached hydrogen (secondary N) is 1. The lowest BCUT2D eigenvalue weighted by Gasteiger charge is -2.17. The van der Waals surface area contributed by atoms with E-state index >= 15 is 0 Å². The highest BCUT2D eigenvalue weighted by atomic mass is 79.9. The summed E-state index contributed by atoms with van der Waals surface area (Å²) >= 11 is 3.04. The van der Waals surface area contributed by atoms with E-state index in [-0.39, 0.29) is 27.2 Å². The third-order valence-electron chi connectivity index (χ3n) is 3.02. The SMILES string of the molecule is CC1OCCC1NS(=O)(=O)c1cc(N)c(F)cc1Br. The van der Waals surface area contributed by atoms with Crippen molar-refractivity contribution in [3.63, 3.8) is 0 Å². The Morgan fingerprint density at radius 1 is 1.53 bits per heavy atom. The lowest BCUT2D eigenvalue weighted by Crippen LogP contribution is -2.39. The van der Waals surface area contributed by atoms with Crippen molar-refractivity contribution in [3.05, 3.63) is 22.4 Å². The fraction of sp³-hybridized carbons (Fsp3) is 0.455. The second-order valence-electron chi connectivity index (χ2n) is 4.40. The van der Waals surface area contributed by atoms with E-state index in [0.717, 1.165) is 12.1 Å². The Labute approximate surface area is 119 Å². The van der Waals surface area contributed by atoms with Crippen LogP contribution in [0.5, 0.6) is 0 Å². The first-order valence-corrected chi connectivity index (χ1v) is 7.97. The number of hydrogen-bond acceptors (Lipinski definition) is 4. The van der Waals surface area contributed by atoms with Gasteiger partial charge in [-0.05, 0) is 41.4 Å². The molecule has 1 aliphatic heterocycles. The molecule has 8 heteroatoms. The number of ether oxygens (including phenoxy) is 1. The molecule has 1 aliphatic rings. The Morgan fingerprint density at radius 2 is 2.21 bits per heavy atom. The predicted octanol–water partition coefficient (Wildman–Crippen LogP) is 1.63. The molecule has 0 aliphatic carbocycles. The molecular weight excluding hydrogens is 339 g/mol. The molecule has 3 N–H and O–H groups in total. The highest BCUT2D eigenvalue weighted by molar-refractivity contribution is 9.10. The van der Waals surface area contributed by atoms with E-state index < -0.39 is 15.8 Å². The van der Waals surface area contributed by atoms with E-state index in [9.17, 15) is 12.8 Å². The van der Waals surface area contributed by atoms with Gasteiger partial charge in [0.05, 0.1) is 22.7 Å². The average molecular weight is 353 g/mol. The van der Waals surface area contributed by atoms with Crippen molar-refractivity contribution in [1.29, 1.82) is 0 Å². The van der Waals surface area contributed by atoms with Crippen LogP contribution in [0.25, 0.3) is 0 Å². The highest BCUT2D eigenvalue weighted by Crippen LogP contribution is 2.27. The molecule has 106 valence electrons. The largest absolute Gasteiger partial charge is 0.396 e. The molecule has 0 saturated carbocycles. The third-order valence-corrected chi connectivity index (χ3v) is 5.47. The molecule has 1 aromatic carbocycles. The van der Waals surface area contributed by atoms with Gasteiger partial charge in [0.25, 0.3) is 0 Å². The molecule has 1 saturated heterocycles. The molecule has 0 radical (unpaired) electrons. The molecule has 5 nitrogen and oxygen atoms in total. The molecule has 2 unspecified atom stereocenters. The minimum absolute atomic E-state index is 0.0782. The fourth-order valence-electron chi connectivity index (χ4n) is 1.90. The van der Waals surface area contributed by atoms with Gasteiger partial charge >= 0.3 is 0 Å². The summed E-state index contributed by atoms with van der Waals surface area (Å²) in [6.07, 6.45) is 0.417. The number of benzene rings is 1. The van der Waals surface area contributed by atoms with Crippen molar-refractivity contribution in [2.24, 2.45) is 0 Å². The van der Waals surface area contributed by atoms with Crippen molar-refractivity contribution < 1.29 is 17.5 Å². The van der Waals surface area contributed by atoms with Gasteiger partial charge in [-0.15, -0.1) is 0 Å². The Hall–Kier alpha value is -0.700. The quantitative estimate of drug-likeness (QED) is 0.810. The van der Waals surface area contributed by atoms with Crippen molar-refractivity contribution in [2.75, 3.05) is 12.3 Å². The van der Waals surface area contributed by atoms with E-state index in [1.54, 1.807) is 6.92 Å².